The van der Waals surface area contributed by atoms with E-state index in [4.69, 9.17) is 5.11 Å². The zero-order valence-electron chi connectivity index (χ0n) is 18.5. The largest absolute Gasteiger partial charge is 0.481 e. The van der Waals surface area contributed by atoms with Crippen LogP contribution < -0.4 is 5.56 Å². The number of alkyl halides is 6. The molecule has 1 amide bonds. The molecule has 1 N–H and O–H groups in total. The Balaban J connectivity index is 2.19. The van der Waals surface area contributed by atoms with Gasteiger partial charge in [-0.1, -0.05) is 6.07 Å². The molecule has 0 spiro atoms. The molecule has 1 heterocycles. The van der Waals surface area contributed by atoms with Crippen LogP contribution in [0.3, 0.4) is 0 Å². The van der Waals surface area contributed by atoms with Gasteiger partial charge in [-0.3, -0.25) is 14.4 Å². The Morgan fingerprint density at radius 3 is 2.26 bits per heavy atom. The van der Waals surface area contributed by atoms with Crippen LogP contribution in [0.25, 0.3) is 11.1 Å². The Kier molecular flexibility index (Phi) is 7.32. The summed E-state index contributed by atoms with van der Waals surface area (Å²) in [5.41, 5.74) is -2.90. The number of halogens is 6. The fourth-order valence-corrected chi connectivity index (χ4v) is 3.78. The highest BCUT2D eigenvalue weighted by molar-refractivity contribution is 5.81. The summed E-state index contributed by atoms with van der Waals surface area (Å²) in [4.78, 5) is 38.0. The summed E-state index contributed by atoms with van der Waals surface area (Å²) in [7, 11) is 0. The molecule has 1 aromatic carbocycles. The number of pyridine rings is 1. The maximum atomic E-state index is 13.4. The van der Waals surface area contributed by atoms with Crippen molar-refractivity contribution in [2.45, 2.75) is 51.6 Å². The predicted octanol–water partition coefficient (Wildman–Crippen LogP) is 4.48. The molecular formula is C23H22F6N2O4. The summed E-state index contributed by atoms with van der Waals surface area (Å²) in [5.74, 6) is -1.86. The molecular weight excluding hydrogens is 482 g/mol. The van der Waals surface area contributed by atoms with Gasteiger partial charge in [-0.25, -0.2) is 0 Å². The number of carboxylic acids is 1. The third kappa shape index (κ3) is 6.64. The fourth-order valence-electron chi connectivity index (χ4n) is 3.78. The number of carboxylic acid groups (broad SMARTS) is 1. The van der Waals surface area contributed by atoms with Crippen molar-refractivity contribution in [3.63, 3.8) is 0 Å². The Morgan fingerprint density at radius 1 is 1.09 bits per heavy atom. The molecule has 1 aliphatic rings. The molecule has 190 valence electrons. The quantitative estimate of drug-likeness (QED) is 0.538. The van der Waals surface area contributed by atoms with Gasteiger partial charge in [-0.2, -0.15) is 26.3 Å². The molecule has 0 radical (unpaired) electrons. The van der Waals surface area contributed by atoms with E-state index >= 15 is 0 Å². The average Bonchev–Trinajstić information content (AvgIpc) is 3.57. The van der Waals surface area contributed by atoms with Crippen LogP contribution in [0.2, 0.25) is 0 Å². The van der Waals surface area contributed by atoms with Crippen molar-refractivity contribution in [3.8, 4) is 11.1 Å². The molecule has 6 nitrogen and oxygen atoms in total. The third-order valence-electron chi connectivity index (χ3n) is 5.55. The molecule has 0 aliphatic heterocycles. The SMILES string of the molecule is CCN(Cc1cc(C(F)(F)F)ccc1-c1cc(CC(=O)O)cn(CC(F)(F)F)c1=O)C(=O)C1CC1. The summed E-state index contributed by atoms with van der Waals surface area (Å²) in [5, 5.41) is 9.09. The normalized spacial score (nSPS) is 14.1. The number of hydrogen-bond acceptors (Lipinski definition) is 3. The van der Waals surface area contributed by atoms with Gasteiger partial charge in [0.25, 0.3) is 5.56 Å². The highest BCUT2D eigenvalue weighted by Gasteiger charge is 2.35. The zero-order chi connectivity index (χ0) is 26.1. The van der Waals surface area contributed by atoms with E-state index in [-0.39, 0.29) is 47.2 Å². The second kappa shape index (κ2) is 9.74. The molecule has 0 saturated heterocycles. The van der Waals surface area contributed by atoms with Crippen LogP contribution in [0.4, 0.5) is 26.3 Å². The lowest BCUT2D eigenvalue weighted by atomic mass is 9.96. The van der Waals surface area contributed by atoms with Gasteiger partial charge < -0.3 is 14.6 Å². The number of benzene rings is 1. The minimum absolute atomic E-state index is 0.0844. The molecule has 1 saturated carbocycles. The minimum atomic E-state index is -4.80. The van der Waals surface area contributed by atoms with Gasteiger partial charge in [0.1, 0.15) is 6.54 Å². The fraction of sp³-hybridized carbons (Fsp3) is 0.435. The van der Waals surface area contributed by atoms with Crippen LogP contribution >= 0.6 is 0 Å². The summed E-state index contributed by atoms with van der Waals surface area (Å²) in [6.45, 7) is -0.198. The van der Waals surface area contributed by atoms with Crippen molar-refractivity contribution in [1.29, 1.82) is 0 Å². The second-order valence-corrected chi connectivity index (χ2v) is 8.38. The maximum Gasteiger partial charge on any atom is 0.416 e. The van der Waals surface area contributed by atoms with Crippen molar-refractivity contribution >= 4 is 11.9 Å². The number of hydrogen-bond donors (Lipinski definition) is 1. The number of carbonyl (C=O) groups excluding carboxylic acids is 1. The van der Waals surface area contributed by atoms with E-state index in [9.17, 15) is 40.7 Å². The lowest BCUT2D eigenvalue weighted by Crippen LogP contribution is -2.32. The first-order valence-corrected chi connectivity index (χ1v) is 10.7. The zero-order valence-corrected chi connectivity index (χ0v) is 18.5. The second-order valence-electron chi connectivity index (χ2n) is 8.38. The number of amides is 1. The topological polar surface area (TPSA) is 79.6 Å². The van der Waals surface area contributed by atoms with Crippen molar-refractivity contribution < 1.29 is 41.0 Å². The summed E-state index contributed by atoms with van der Waals surface area (Å²) >= 11 is 0. The highest BCUT2D eigenvalue weighted by atomic mass is 19.4. The molecule has 35 heavy (non-hydrogen) atoms. The van der Waals surface area contributed by atoms with E-state index in [2.05, 4.69) is 0 Å². The van der Waals surface area contributed by atoms with Crippen LogP contribution in [0.5, 0.6) is 0 Å². The third-order valence-corrected chi connectivity index (χ3v) is 5.55. The van der Waals surface area contributed by atoms with Crippen LogP contribution in [0.15, 0.2) is 35.3 Å². The van der Waals surface area contributed by atoms with E-state index in [0.29, 0.717) is 23.5 Å². The Hall–Kier alpha value is -3.31. The number of aliphatic carboxylic acids is 1. The van der Waals surface area contributed by atoms with Crippen molar-refractivity contribution in [2.24, 2.45) is 5.92 Å². The molecule has 3 rings (SSSR count). The standard InChI is InChI=1S/C23H22F6N2O4/c1-2-30(20(34)14-3-4-14)11-15-9-16(23(27,28)29)5-6-17(15)18-7-13(8-19(32)33)10-31(21(18)35)12-22(24,25)26/h5-7,9-10,14H,2-4,8,11-12H2,1H3,(H,32,33). The smallest absolute Gasteiger partial charge is 0.416 e. The Morgan fingerprint density at radius 2 is 1.74 bits per heavy atom. The van der Waals surface area contributed by atoms with Crippen LogP contribution in [-0.2, 0) is 35.3 Å². The first kappa shape index (κ1) is 26.3. The van der Waals surface area contributed by atoms with Gasteiger partial charge in [0.2, 0.25) is 5.91 Å². The van der Waals surface area contributed by atoms with Crippen molar-refractivity contribution in [3.05, 3.63) is 57.5 Å². The van der Waals surface area contributed by atoms with Crippen LogP contribution in [0, 0.1) is 5.92 Å². The van der Waals surface area contributed by atoms with Gasteiger partial charge in [0.15, 0.2) is 0 Å². The van der Waals surface area contributed by atoms with E-state index in [1.807, 2.05) is 0 Å². The van der Waals surface area contributed by atoms with Gasteiger partial charge in [-0.05, 0) is 54.7 Å². The predicted molar refractivity (Wildman–Crippen MR) is 112 cm³/mol. The molecule has 1 fully saturated rings. The summed E-state index contributed by atoms with van der Waals surface area (Å²) < 4.78 is 79.7. The van der Waals surface area contributed by atoms with Gasteiger partial charge in [0.05, 0.1) is 12.0 Å². The van der Waals surface area contributed by atoms with Crippen molar-refractivity contribution in [2.75, 3.05) is 6.54 Å². The summed E-state index contributed by atoms with van der Waals surface area (Å²) in [6, 6.07) is 3.48. The number of rotatable bonds is 8. The first-order valence-electron chi connectivity index (χ1n) is 10.7. The Bertz CT molecular complexity index is 1180. The molecule has 1 aromatic heterocycles. The van der Waals surface area contributed by atoms with Gasteiger partial charge >= 0.3 is 18.3 Å². The Labute approximate surface area is 195 Å². The summed E-state index contributed by atoms with van der Waals surface area (Å²) in [6.07, 6.45) is -8.17. The number of aromatic nitrogens is 1. The molecule has 2 aromatic rings. The number of nitrogens with zero attached hydrogens (tertiary/aromatic N) is 2. The van der Waals surface area contributed by atoms with Gasteiger partial charge in [-0.15, -0.1) is 0 Å². The molecule has 0 bridgehead atoms. The number of carbonyl (C=O) groups is 2. The van der Waals surface area contributed by atoms with Crippen LogP contribution in [0.1, 0.15) is 36.5 Å². The first-order chi connectivity index (χ1) is 16.2. The highest BCUT2D eigenvalue weighted by Crippen LogP contribution is 2.35. The minimum Gasteiger partial charge on any atom is -0.481 e. The van der Waals surface area contributed by atoms with Crippen LogP contribution in [-0.4, -0.2) is 39.2 Å². The van der Waals surface area contributed by atoms with E-state index in [1.54, 1.807) is 6.92 Å². The van der Waals surface area contributed by atoms with E-state index < -0.39 is 42.4 Å². The lowest BCUT2D eigenvalue weighted by Gasteiger charge is -2.24. The monoisotopic (exact) mass is 504 g/mol. The molecule has 0 unspecified atom stereocenters. The molecule has 0 atom stereocenters. The van der Waals surface area contributed by atoms with Crippen molar-refractivity contribution in [1.82, 2.24) is 9.47 Å². The average molecular weight is 504 g/mol. The van der Waals surface area contributed by atoms with E-state index in [1.165, 1.54) is 4.90 Å². The van der Waals surface area contributed by atoms with E-state index in [0.717, 1.165) is 24.4 Å². The molecule has 1 aliphatic carbocycles. The lowest BCUT2D eigenvalue weighted by molar-refractivity contribution is -0.141. The maximum absolute atomic E-state index is 13.4. The molecule has 12 heteroatoms. The van der Waals surface area contributed by atoms with Gasteiger partial charge in [0, 0.05) is 30.8 Å².